The van der Waals surface area contributed by atoms with Gasteiger partial charge in [0, 0.05) is 11.3 Å². The number of fused-ring (bicyclic) bond motifs is 1. The second-order valence-corrected chi connectivity index (χ2v) is 7.12. The molecule has 0 saturated carbocycles. The van der Waals surface area contributed by atoms with Crippen LogP contribution in [0.2, 0.25) is 0 Å². The van der Waals surface area contributed by atoms with Crippen molar-refractivity contribution < 1.29 is 0 Å². The number of aromatic amines is 1. The van der Waals surface area contributed by atoms with Crippen LogP contribution < -0.4 is 5.56 Å². The molecule has 0 spiro atoms. The third kappa shape index (κ3) is 2.48. The molecule has 4 heteroatoms. The largest absolute Gasteiger partial charge is 0.310 e. The molecule has 18 heavy (non-hydrogen) atoms. The lowest BCUT2D eigenvalue weighted by atomic mass is 9.92. The van der Waals surface area contributed by atoms with Gasteiger partial charge in [0.25, 0.3) is 5.56 Å². The normalized spacial score (nSPS) is 12.3. The molecule has 0 bridgehead atoms. The van der Waals surface area contributed by atoms with Crippen LogP contribution >= 0.6 is 11.3 Å². The summed E-state index contributed by atoms with van der Waals surface area (Å²) in [6, 6.07) is 0. The maximum atomic E-state index is 12.2. The Hall–Kier alpha value is -1.16. The molecule has 0 radical (unpaired) electrons. The molecule has 0 aliphatic carbocycles. The zero-order valence-corrected chi connectivity index (χ0v) is 12.5. The standard InChI is InChI=1S/C14H20N2OS/c1-6-9-8(2)18-13-11(9)12(17)15-10(16-13)7-14(3,4)5/h6-7H2,1-5H3,(H,15,16,17). The summed E-state index contributed by atoms with van der Waals surface area (Å²) in [5.74, 6) is 0.795. The van der Waals surface area contributed by atoms with Crippen molar-refractivity contribution in [2.45, 2.75) is 47.5 Å². The van der Waals surface area contributed by atoms with E-state index in [1.54, 1.807) is 11.3 Å². The summed E-state index contributed by atoms with van der Waals surface area (Å²) in [5.41, 5.74) is 1.29. The Morgan fingerprint density at radius 3 is 2.56 bits per heavy atom. The minimum Gasteiger partial charge on any atom is -0.310 e. The molecule has 0 saturated heterocycles. The monoisotopic (exact) mass is 264 g/mol. The smallest absolute Gasteiger partial charge is 0.259 e. The third-order valence-corrected chi connectivity index (χ3v) is 4.00. The molecular formula is C14H20N2OS. The molecule has 2 aromatic rings. The molecule has 98 valence electrons. The van der Waals surface area contributed by atoms with Crippen LogP contribution in [0.4, 0.5) is 0 Å². The van der Waals surface area contributed by atoms with Gasteiger partial charge >= 0.3 is 0 Å². The van der Waals surface area contributed by atoms with Gasteiger partial charge in [-0.2, -0.15) is 0 Å². The van der Waals surface area contributed by atoms with E-state index in [0.29, 0.717) is 0 Å². The van der Waals surface area contributed by atoms with Crippen LogP contribution in [0.25, 0.3) is 10.2 Å². The first-order valence-corrected chi connectivity index (χ1v) is 7.14. The van der Waals surface area contributed by atoms with Gasteiger partial charge in [0.05, 0.1) is 5.39 Å². The molecule has 3 nitrogen and oxygen atoms in total. The quantitative estimate of drug-likeness (QED) is 0.903. The van der Waals surface area contributed by atoms with Gasteiger partial charge in [-0.15, -0.1) is 11.3 Å². The summed E-state index contributed by atoms with van der Waals surface area (Å²) < 4.78 is 0. The van der Waals surface area contributed by atoms with Crippen molar-refractivity contribution in [3.05, 3.63) is 26.6 Å². The molecular weight excluding hydrogens is 244 g/mol. The topological polar surface area (TPSA) is 45.8 Å². The van der Waals surface area contributed by atoms with Gasteiger partial charge in [0.15, 0.2) is 0 Å². The number of nitrogens with zero attached hydrogens (tertiary/aromatic N) is 1. The molecule has 1 N–H and O–H groups in total. The first kappa shape index (κ1) is 13.3. The first-order chi connectivity index (χ1) is 8.31. The fraction of sp³-hybridized carbons (Fsp3) is 0.571. The van der Waals surface area contributed by atoms with Crippen LogP contribution in [-0.2, 0) is 12.8 Å². The Bertz CT molecular complexity index is 632. The van der Waals surface area contributed by atoms with Gasteiger partial charge in [-0.25, -0.2) is 4.98 Å². The van der Waals surface area contributed by atoms with Gasteiger partial charge in [-0.1, -0.05) is 27.7 Å². The van der Waals surface area contributed by atoms with Gasteiger partial charge in [0.1, 0.15) is 10.7 Å². The summed E-state index contributed by atoms with van der Waals surface area (Å²) in [4.78, 5) is 21.8. The SMILES string of the molecule is CCc1c(C)sc2nc(CC(C)(C)C)[nH]c(=O)c12. The van der Waals surface area contributed by atoms with Crippen molar-refractivity contribution in [2.24, 2.45) is 5.41 Å². The fourth-order valence-electron chi connectivity index (χ4n) is 2.23. The summed E-state index contributed by atoms with van der Waals surface area (Å²) >= 11 is 1.63. The van der Waals surface area contributed by atoms with Crippen LogP contribution in [0.1, 0.15) is 44.0 Å². The second-order valence-electron chi connectivity index (χ2n) is 5.92. The van der Waals surface area contributed by atoms with E-state index < -0.39 is 0 Å². The fourth-order valence-corrected chi connectivity index (χ4v) is 3.36. The van der Waals surface area contributed by atoms with E-state index in [1.807, 2.05) is 0 Å². The minimum atomic E-state index is 0.0143. The predicted molar refractivity (Wildman–Crippen MR) is 77.5 cm³/mol. The van der Waals surface area contributed by atoms with Crippen LogP contribution in [0, 0.1) is 12.3 Å². The lowest BCUT2D eigenvalue weighted by Gasteiger charge is -2.16. The summed E-state index contributed by atoms with van der Waals surface area (Å²) in [5, 5.41) is 0.789. The van der Waals surface area contributed by atoms with E-state index >= 15 is 0 Å². The number of aromatic nitrogens is 2. The van der Waals surface area contributed by atoms with Gasteiger partial charge < -0.3 is 4.98 Å². The van der Waals surface area contributed by atoms with E-state index in [9.17, 15) is 4.79 Å². The van der Waals surface area contributed by atoms with Crippen LogP contribution in [0.3, 0.4) is 0 Å². The summed E-state index contributed by atoms with van der Waals surface area (Å²) in [6.45, 7) is 10.6. The van der Waals surface area contributed by atoms with Crippen LogP contribution in [0.15, 0.2) is 4.79 Å². The van der Waals surface area contributed by atoms with Crippen molar-refractivity contribution in [2.75, 3.05) is 0 Å². The molecule has 0 amide bonds. The molecule has 0 aliphatic rings. The van der Waals surface area contributed by atoms with Crippen molar-refractivity contribution in [3.63, 3.8) is 0 Å². The van der Waals surface area contributed by atoms with Crippen molar-refractivity contribution in [3.8, 4) is 0 Å². The maximum Gasteiger partial charge on any atom is 0.259 e. The number of hydrogen-bond donors (Lipinski definition) is 1. The number of H-pyrrole nitrogens is 1. The Morgan fingerprint density at radius 1 is 1.33 bits per heavy atom. The van der Waals surface area contributed by atoms with Crippen LogP contribution in [-0.4, -0.2) is 9.97 Å². The summed E-state index contributed by atoms with van der Waals surface area (Å²) in [6.07, 6.45) is 1.67. The highest BCUT2D eigenvalue weighted by Crippen LogP contribution is 2.28. The second kappa shape index (κ2) is 4.50. The van der Waals surface area contributed by atoms with Gasteiger partial charge in [-0.3, -0.25) is 4.79 Å². The molecule has 0 unspecified atom stereocenters. The minimum absolute atomic E-state index is 0.0143. The van der Waals surface area contributed by atoms with E-state index in [2.05, 4.69) is 44.6 Å². The van der Waals surface area contributed by atoms with E-state index in [4.69, 9.17) is 0 Å². The highest BCUT2D eigenvalue weighted by molar-refractivity contribution is 7.18. The number of hydrogen-bond acceptors (Lipinski definition) is 3. The highest BCUT2D eigenvalue weighted by atomic mass is 32.1. The van der Waals surface area contributed by atoms with Crippen LogP contribution in [0.5, 0.6) is 0 Å². The van der Waals surface area contributed by atoms with Gasteiger partial charge in [0.2, 0.25) is 0 Å². The molecule has 0 aromatic carbocycles. The Kier molecular flexibility index (Phi) is 3.32. The zero-order valence-electron chi connectivity index (χ0n) is 11.7. The van der Waals surface area contributed by atoms with E-state index in [1.165, 1.54) is 4.88 Å². The Labute approximate surface area is 111 Å². The number of thiophene rings is 1. The highest BCUT2D eigenvalue weighted by Gasteiger charge is 2.17. The Balaban J connectivity index is 2.61. The van der Waals surface area contributed by atoms with Crippen molar-refractivity contribution in [1.29, 1.82) is 0 Å². The van der Waals surface area contributed by atoms with E-state index in [0.717, 1.165) is 34.4 Å². The predicted octanol–water partition coefficient (Wildman–Crippen LogP) is 3.44. The van der Waals surface area contributed by atoms with Crippen molar-refractivity contribution >= 4 is 21.6 Å². The Morgan fingerprint density at radius 2 is 2.00 bits per heavy atom. The maximum absolute atomic E-state index is 12.2. The lowest BCUT2D eigenvalue weighted by molar-refractivity contribution is 0.401. The molecule has 2 rings (SSSR count). The average molecular weight is 264 g/mol. The molecule has 2 aromatic heterocycles. The number of rotatable bonds is 2. The van der Waals surface area contributed by atoms with Crippen molar-refractivity contribution in [1.82, 2.24) is 9.97 Å². The molecule has 2 heterocycles. The third-order valence-electron chi connectivity index (χ3n) is 2.96. The molecule has 0 atom stereocenters. The zero-order chi connectivity index (χ0) is 13.5. The summed E-state index contributed by atoms with van der Waals surface area (Å²) in [7, 11) is 0. The average Bonchev–Trinajstić information content (AvgIpc) is 2.51. The number of aryl methyl sites for hydroxylation is 2. The van der Waals surface area contributed by atoms with E-state index in [-0.39, 0.29) is 11.0 Å². The molecule has 0 aliphatic heterocycles. The van der Waals surface area contributed by atoms with Gasteiger partial charge in [-0.05, 0) is 24.3 Å². The number of nitrogens with one attached hydrogen (secondary N) is 1. The first-order valence-electron chi connectivity index (χ1n) is 6.33. The molecule has 0 fully saturated rings. The lowest BCUT2D eigenvalue weighted by Crippen LogP contribution is -2.17.